The van der Waals surface area contributed by atoms with Crippen molar-refractivity contribution in [1.82, 2.24) is 15.2 Å². The first-order chi connectivity index (χ1) is 9.56. The Morgan fingerprint density at radius 3 is 2.55 bits per heavy atom. The van der Waals surface area contributed by atoms with Crippen LogP contribution in [0, 0.1) is 18.8 Å². The highest BCUT2D eigenvalue weighted by Crippen LogP contribution is 2.42. The van der Waals surface area contributed by atoms with E-state index in [0.717, 1.165) is 5.01 Å². The molecule has 1 aromatic heterocycles. The minimum absolute atomic E-state index is 0.0501. The molecule has 1 heterocycles. The van der Waals surface area contributed by atoms with Gasteiger partial charge in [-0.3, -0.25) is 0 Å². The molecule has 0 unspecified atom stereocenters. The molecule has 0 aliphatic heterocycles. The number of amides is 2. The highest BCUT2D eigenvalue weighted by atomic mass is 32.1. The Morgan fingerprint density at radius 1 is 1.40 bits per heavy atom. The van der Waals surface area contributed by atoms with Crippen LogP contribution < -0.4 is 5.32 Å². The van der Waals surface area contributed by atoms with Crippen molar-refractivity contribution in [2.45, 2.75) is 51.6 Å². The van der Waals surface area contributed by atoms with Crippen LogP contribution in [0.2, 0.25) is 0 Å². The average molecular weight is 293 g/mol. The van der Waals surface area contributed by atoms with Crippen molar-refractivity contribution in [3.63, 3.8) is 0 Å². The van der Waals surface area contributed by atoms with Crippen LogP contribution in [0.1, 0.15) is 48.5 Å². The predicted octanol–water partition coefficient (Wildman–Crippen LogP) is 3.34. The van der Waals surface area contributed by atoms with E-state index in [9.17, 15) is 4.79 Å². The van der Waals surface area contributed by atoms with Crippen LogP contribution in [0.4, 0.5) is 4.79 Å². The number of rotatable bonds is 5. The second-order valence-electron chi connectivity index (χ2n) is 6.26. The quantitative estimate of drug-likeness (QED) is 0.905. The van der Waals surface area contributed by atoms with Crippen LogP contribution in [0.15, 0.2) is 6.20 Å². The van der Waals surface area contributed by atoms with E-state index in [1.165, 1.54) is 30.6 Å². The first-order valence-corrected chi connectivity index (χ1v) is 8.33. The lowest BCUT2D eigenvalue weighted by Gasteiger charge is -2.27. The smallest absolute Gasteiger partial charge is 0.317 e. The molecule has 2 aliphatic carbocycles. The zero-order chi connectivity index (χ0) is 14.3. The Kier molecular flexibility index (Phi) is 3.71. The molecule has 0 radical (unpaired) electrons. The number of thiazole rings is 1. The molecule has 110 valence electrons. The fourth-order valence-electron chi connectivity index (χ4n) is 2.64. The monoisotopic (exact) mass is 293 g/mol. The molecule has 0 spiro atoms. The Bertz CT molecular complexity index is 493. The van der Waals surface area contributed by atoms with E-state index in [4.69, 9.17) is 0 Å². The van der Waals surface area contributed by atoms with Crippen molar-refractivity contribution in [3.05, 3.63) is 16.1 Å². The fraction of sp³-hybridized carbons (Fsp3) is 0.733. The van der Waals surface area contributed by atoms with E-state index in [-0.39, 0.29) is 12.1 Å². The van der Waals surface area contributed by atoms with E-state index in [0.29, 0.717) is 17.9 Å². The summed E-state index contributed by atoms with van der Waals surface area (Å²) < 4.78 is 0. The lowest BCUT2D eigenvalue weighted by Crippen LogP contribution is -2.45. The number of aromatic nitrogens is 1. The third-order valence-corrected chi connectivity index (χ3v) is 5.51. The van der Waals surface area contributed by atoms with Gasteiger partial charge in [-0.25, -0.2) is 9.78 Å². The van der Waals surface area contributed by atoms with Gasteiger partial charge in [-0.15, -0.1) is 11.3 Å². The summed E-state index contributed by atoms with van der Waals surface area (Å²) in [4.78, 5) is 20.0. The minimum Gasteiger partial charge on any atom is -0.328 e. The van der Waals surface area contributed by atoms with Gasteiger partial charge < -0.3 is 10.2 Å². The number of urea groups is 1. The van der Waals surface area contributed by atoms with Gasteiger partial charge in [-0.1, -0.05) is 0 Å². The summed E-state index contributed by atoms with van der Waals surface area (Å²) in [6.45, 7) is 4.21. The maximum Gasteiger partial charge on any atom is 0.317 e. The highest BCUT2D eigenvalue weighted by Gasteiger charge is 2.37. The van der Waals surface area contributed by atoms with Crippen molar-refractivity contribution in [3.8, 4) is 0 Å². The van der Waals surface area contributed by atoms with Gasteiger partial charge in [-0.2, -0.15) is 0 Å². The molecule has 0 saturated heterocycles. The molecular formula is C15H23N3OS. The van der Waals surface area contributed by atoms with E-state index in [1.807, 2.05) is 18.1 Å². The third kappa shape index (κ3) is 2.97. The van der Waals surface area contributed by atoms with Crippen molar-refractivity contribution in [2.24, 2.45) is 11.8 Å². The molecular weight excluding hydrogens is 270 g/mol. The predicted molar refractivity (Wildman–Crippen MR) is 80.8 cm³/mol. The SMILES string of the molecule is Cc1cnc([C@H](NC(=O)N(C)[C@H](C)C2CC2)C2CC2)s1. The average Bonchev–Trinajstić information content (AvgIpc) is 3.32. The first-order valence-electron chi connectivity index (χ1n) is 7.52. The Balaban J connectivity index is 1.65. The summed E-state index contributed by atoms with van der Waals surface area (Å²) >= 11 is 1.70. The molecule has 1 aromatic rings. The van der Waals surface area contributed by atoms with E-state index >= 15 is 0 Å². The maximum atomic E-state index is 12.4. The second-order valence-corrected chi connectivity index (χ2v) is 7.53. The van der Waals surface area contributed by atoms with Crippen molar-refractivity contribution in [2.75, 3.05) is 7.05 Å². The molecule has 2 aliphatic rings. The van der Waals surface area contributed by atoms with Gasteiger partial charge in [0, 0.05) is 24.2 Å². The summed E-state index contributed by atoms with van der Waals surface area (Å²) in [5.41, 5.74) is 0. The molecule has 5 heteroatoms. The molecule has 2 atom stereocenters. The molecule has 2 saturated carbocycles. The van der Waals surface area contributed by atoms with Crippen LogP contribution in [0.3, 0.4) is 0 Å². The van der Waals surface area contributed by atoms with Crippen LogP contribution in [-0.2, 0) is 0 Å². The van der Waals surface area contributed by atoms with Gasteiger partial charge in [0.15, 0.2) is 0 Å². The summed E-state index contributed by atoms with van der Waals surface area (Å²) in [5.74, 6) is 1.28. The largest absolute Gasteiger partial charge is 0.328 e. The van der Waals surface area contributed by atoms with Gasteiger partial charge in [0.2, 0.25) is 0 Å². The Morgan fingerprint density at radius 2 is 2.05 bits per heavy atom. The Hall–Kier alpha value is -1.10. The van der Waals surface area contributed by atoms with Gasteiger partial charge in [-0.05, 0) is 51.4 Å². The number of nitrogens with one attached hydrogen (secondary N) is 1. The van der Waals surface area contributed by atoms with Crippen LogP contribution in [0.5, 0.6) is 0 Å². The van der Waals surface area contributed by atoms with E-state index in [1.54, 1.807) is 11.3 Å². The highest BCUT2D eigenvalue weighted by molar-refractivity contribution is 7.11. The zero-order valence-electron chi connectivity index (χ0n) is 12.4. The van der Waals surface area contributed by atoms with Crippen LogP contribution in [0.25, 0.3) is 0 Å². The van der Waals surface area contributed by atoms with Gasteiger partial charge in [0.05, 0.1) is 6.04 Å². The molecule has 0 aromatic carbocycles. The molecule has 20 heavy (non-hydrogen) atoms. The van der Waals surface area contributed by atoms with Crippen molar-refractivity contribution < 1.29 is 4.79 Å². The molecule has 1 N–H and O–H groups in total. The van der Waals surface area contributed by atoms with Crippen molar-refractivity contribution >= 4 is 17.4 Å². The number of hydrogen-bond acceptors (Lipinski definition) is 3. The second kappa shape index (κ2) is 5.35. The topological polar surface area (TPSA) is 45.2 Å². The molecule has 3 rings (SSSR count). The fourth-order valence-corrected chi connectivity index (χ4v) is 3.56. The third-order valence-electron chi connectivity index (χ3n) is 4.51. The van der Waals surface area contributed by atoms with Crippen LogP contribution in [-0.4, -0.2) is 29.0 Å². The first kappa shape index (κ1) is 13.9. The normalized spacial score (nSPS) is 21.4. The summed E-state index contributed by atoms with van der Waals surface area (Å²) in [7, 11) is 1.91. The van der Waals surface area contributed by atoms with E-state index in [2.05, 4.69) is 24.1 Å². The molecule has 0 bridgehead atoms. The Labute approximate surface area is 124 Å². The van der Waals surface area contributed by atoms with Gasteiger partial charge >= 0.3 is 6.03 Å². The summed E-state index contributed by atoms with van der Waals surface area (Å²) in [5, 5.41) is 4.27. The lowest BCUT2D eigenvalue weighted by atomic mass is 10.2. The van der Waals surface area contributed by atoms with E-state index < -0.39 is 0 Å². The minimum atomic E-state index is 0.0501. The lowest BCUT2D eigenvalue weighted by molar-refractivity contribution is 0.182. The molecule has 2 fully saturated rings. The number of nitrogens with zero attached hydrogens (tertiary/aromatic N) is 2. The number of carbonyl (C=O) groups excluding carboxylic acids is 1. The van der Waals surface area contributed by atoms with Crippen LogP contribution >= 0.6 is 11.3 Å². The maximum absolute atomic E-state index is 12.4. The number of carbonyl (C=O) groups is 1. The molecule has 4 nitrogen and oxygen atoms in total. The summed E-state index contributed by atoms with van der Waals surface area (Å²) in [6.07, 6.45) is 6.82. The van der Waals surface area contributed by atoms with Gasteiger partial charge in [0.25, 0.3) is 0 Å². The number of hydrogen-bond donors (Lipinski definition) is 1. The molecule has 2 amide bonds. The summed E-state index contributed by atoms with van der Waals surface area (Å²) in [6, 6.07) is 0.497. The standard InChI is InChI=1S/C15H23N3OS/c1-9-8-16-14(20-9)13(12-6-7-12)17-15(19)18(3)10(2)11-4-5-11/h8,10-13H,4-7H2,1-3H3,(H,17,19)/t10-,13-/m1/s1. The zero-order valence-corrected chi connectivity index (χ0v) is 13.2. The number of aryl methyl sites for hydroxylation is 1. The van der Waals surface area contributed by atoms with Gasteiger partial charge in [0.1, 0.15) is 5.01 Å². The van der Waals surface area contributed by atoms with Crippen molar-refractivity contribution in [1.29, 1.82) is 0 Å².